The minimum atomic E-state index is -0.000469. The summed E-state index contributed by atoms with van der Waals surface area (Å²) >= 11 is 0. The topological polar surface area (TPSA) is 69.2 Å². The average Bonchev–Trinajstić information content (AvgIpc) is 3.11. The number of likely N-dealkylation sites (N-methyl/N-ethyl adjacent to an activating group) is 1. The molecule has 1 unspecified atom stereocenters. The standard InChI is InChI=1S/C19H35N5O2.HI/c1-15(2)14-24-9-7-16(8-10-24)22-19(21-13-18(25)23(3)4)20-12-17-6-5-11-26-17;/h16-17H,1,5-14H2,2-4H3,(H2,20,21,22);1H. The van der Waals surface area contributed by atoms with Gasteiger partial charge >= 0.3 is 0 Å². The first kappa shape index (κ1) is 24.2. The van der Waals surface area contributed by atoms with E-state index in [4.69, 9.17) is 4.74 Å². The number of likely N-dealkylation sites (tertiary alicyclic amines) is 1. The number of guanidine groups is 1. The zero-order valence-electron chi connectivity index (χ0n) is 17.0. The number of hydrogen-bond donors (Lipinski definition) is 2. The third kappa shape index (κ3) is 9.25. The third-order valence-corrected chi connectivity index (χ3v) is 4.81. The molecule has 0 aliphatic carbocycles. The highest BCUT2D eigenvalue weighted by molar-refractivity contribution is 14.0. The van der Waals surface area contributed by atoms with Crippen molar-refractivity contribution in [3.8, 4) is 0 Å². The molecule has 0 aromatic carbocycles. The lowest BCUT2D eigenvalue weighted by atomic mass is 10.0. The summed E-state index contributed by atoms with van der Waals surface area (Å²) in [6.07, 6.45) is 4.57. The van der Waals surface area contributed by atoms with Crippen LogP contribution in [0.1, 0.15) is 32.6 Å². The Morgan fingerprint density at radius 3 is 2.56 bits per heavy atom. The summed E-state index contributed by atoms with van der Waals surface area (Å²) in [4.78, 5) is 20.4. The molecule has 0 spiro atoms. The number of ether oxygens (including phenoxy) is 1. The maximum absolute atomic E-state index is 11.9. The van der Waals surface area contributed by atoms with Gasteiger partial charge in [-0.15, -0.1) is 24.0 Å². The highest BCUT2D eigenvalue weighted by Gasteiger charge is 2.21. The molecule has 0 aromatic heterocycles. The predicted molar refractivity (Wildman–Crippen MR) is 121 cm³/mol. The van der Waals surface area contributed by atoms with E-state index in [0.717, 1.165) is 58.5 Å². The van der Waals surface area contributed by atoms with Crippen LogP contribution in [0.3, 0.4) is 0 Å². The van der Waals surface area contributed by atoms with E-state index in [1.807, 2.05) is 0 Å². The Bertz CT molecular complexity index is 498. The van der Waals surface area contributed by atoms with Crippen LogP contribution in [0.15, 0.2) is 17.1 Å². The molecule has 2 rings (SSSR count). The summed E-state index contributed by atoms with van der Waals surface area (Å²) in [7, 11) is 3.50. The first-order valence-corrected chi connectivity index (χ1v) is 9.67. The maximum Gasteiger partial charge on any atom is 0.243 e. The molecule has 2 aliphatic heterocycles. The summed E-state index contributed by atoms with van der Waals surface area (Å²) in [5.74, 6) is 0.716. The average molecular weight is 493 g/mol. The summed E-state index contributed by atoms with van der Waals surface area (Å²) in [6.45, 7) is 10.9. The van der Waals surface area contributed by atoms with Gasteiger partial charge in [-0.05, 0) is 32.6 Å². The zero-order valence-corrected chi connectivity index (χ0v) is 19.3. The van der Waals surface area contributed by atoms with Gasteiger partial charge in [0.15, 0.2) is 5.96 Å². The Balaban J connectivity index is 0.00000364. The highest BCUT2D eigenvalue weighted by Crippen LogP contribution is 2.12. The monoisotopic (exact) mass is 493 g/mol. The molecule has 27 heavy (non-hydrogen) atoms. The van der Waals surface area contributed by atoms with E-state index in [1.54, 1.807) is 19.0 Å². The number of aliphatic imine (C=N–C) groups is 1. The quantitative estimate of drug-likeness (QED) is 0.243. The smallest absolute Gasteiger partial charge is 0.243 e. The molecular formula is C19H36IN5O2. The molecule has 156 valence electrons. The molecule has 2 fully saturated rings. The van der Waals surface area contributed by atoms with Crippen LogP contribution in [0.25, 0.3) is 0 Å². The molecule has 8 heteroatoms. The molecule has 2 N–H and O–H groups in total. The number of nitrogens with zero attached hydrogens (tertiary/aromatic N) is 3. The SMILES string of the molecule is C=C(C)CN1CCC(NC(=NCC(=O)N(C)C)NCC2CCCO2)CC1.I. The van der Waals surface area contributed by atoms with Crippen LogP contribution in [0.2, 0.25) is 0 Å². The van der Waals surface area contributed by atoms with E-state index >= 15 is 0 Å². The van der Waals surface area contributed by atoms with Crippen molar-refractivity contribution in [2.45, 2.75) is 44.8 Å². The fraction of sp³-hybridized carbons (Fsp3) is 0.789. The van der Waals surface area contributed by atoms with Crippen molar-refractivity contribution in [3.63, 3.8) is 0 Å². The lowest BCUT2D eigenvalue weighted by molar-refractivity contribution is -0.127. The van der Waals surface area contributed by atoms with Gasteiger partial charge in [-0.3, -0.25) is 9.69 Å². The van der Waals surface area contributed by atoms with E-state index in [-0.39, 0.29) is 42.5 Å². The van der Waals surface area contributed by atoms with Crippen molar-refractivity contribution >= 4 is 35.8 Å². The van der Waals surface area contributed by atoms with Gasteiger partial charge in [-0.25, -0.2) is 4.99 Å². The Morgan fingerprint density at radius 2 is 2.00 bits per heavy atom. The summed E-state index contributed by atoms with van der Waals surface area (Å²) in [6, 6.07) is 0.376. The minimum Gasteiger partial charge on any atom is -0.376 e. The number of halogens is 1. The van der Waals surface area contributed by atoms with E-state index in [2.05, 4.69) is 34.0 Å². The third-order valence-electron chi connectivity index (χ3n) is 4.81. The Kier molecular flexibility index (Phi) is 11.2. The van der Waals surface area contributed by atoms with Gasteiger partial charge < -0.3 is 20.3 Å². The van der Waals surface area contributed by atoms with Gasteiger partial charge in [0, 0.05) is 52.9 Å². The Hall–Kier alpha value is -0.870. The summed E-state index contributed by atoms with van der Waals surface area (Å²) < 4.78 is 5.67. The van der Waals surface area contributed by atoms with Crippen LogP contribution in [0.4, 0.5) is 0 Å². The fourth-order valence-electron chi connectivity index (χ4n) is 3.27. The normalized spacial score (nSPS) is 21.4. The van der Waals surface area contributed by atoms with Crippen LogP contribution in [0, 0.1) is 0 Å². The van der Waals surface area contributed by atoms with Crippen molar-refractivity contribution < 1.29 is 9.53 Å². The molecule has 1 atom stereocenters. The molecule has 7 nitrogen and oxygen atoms in total. The molecule has 2 saturated heterocycles. The lowest BCUT2D eigenvalue weighted by Gasteiger charge is -2.33. The minimum absolute atomic E-state index is 0. The molecular weight excluding hydrogens is 457 g/mol. The lowest BCUT2D eigenvalue weighted by Crippen LogP contribution is -2.50. The highest BCUT2D eigenvalue weighted by atomic mass is 127. The molecule has 1 amide bonds. The van der Waals surface area contributed by atoms with Crippen LogP contribution in [-0.4, -0.2) is 87.2 Å². The molecule has 0 aromatic rings. The van der Waals surface area contributed by atoms with Crippen molar-refractivity contribution in [2.75, 3.05) is 53.4 Å². The molecule has 0 radical (unpaired) electrons. The van der Waals surface area contributed by atoms with Crippen molar-refractivity contribution in [1.82, 2.24) is 20.4 Å². The van der Waals surface area contributed by atoms with E-state index in [0.29, 0.717) is 12.0 Å². The maximum atomic E-state index is 11.9. The number of carbonyl (C=O) groups is 1. The Labute approximate surface area is 181 Å². The first-order chi connectivity index (χ1) is 12.4. The van der Waals surface area contributed by atoms with Crippen LogP contribution < -0.4 is 10.6 Å². The van der Waals surface area contributed by atoms with Gasteiger partial charge in [-0.2, -0.15) is 0 Å². The second kappa shape index (κ2) is 12.6. The number of nitrogens with one attached hydrogen (secondary N) is 2. The van der Waals surface area contributed by atoms with Gasteiger partial charge in [-0.1, -0.05) is 12.2 Å². The van der Waals surface area contributed by atoms with Crippen molar-refractivity contribution in [2.24, 2.45) is 4.99 Å². The summed E-state index contributed by atoms with van der Waals surface area (Å²) in [5, 5.41) is 6.87. The van der Waals surface area contributed by atoms with Gasteiger partial charge in [0.2, 0.25) is 5.91 Å². The van der Waals surface area contributed by atoms with E-state index < -0.39 is 0 Å². The Morgan fingerprint density at radius 1 is 1.30 bits per heavy atom. The van der Waals surface area contributed by atoms with Gasteiger partial charge in [0.05, 0.1) is 6.10 Å². The second-order valence-electron chi connectivity index (χ2n) is 7.62. The van der Waals surface area contributed by atoms with E-state index in [9.17, 15) is 4.79 Å². The van der Waals surface area contributed by atoms with Crippen LogP contribution >= 0.6 is 24.0 Å². The molecule has 0 bridgehead atoms. The van der Waals surface area contributed by atoms with Crippen molar-refractivity contribution in [3.05, 3.63) is 12.2 Å². The second-order valence-corrected chi connectivity index (χ2v) is 7.62. The fourth-order valence-corrected chi connectivity index (χ4v) is 3.27. The number of amides is 1. The zero-order chi connectivity index (χ0) is 18.9. The summed E-state index contributed by atoms with van der Waals surface area (Å²) in [5.41, 5.74) is 1.21. The van der Waals surface area contributed by atoms with Gasteiger partial charge in [0.1, 0.15) is 6.54 Å². The number of rotatable bonds is 7. The first-order valence-electron chi connectivity index (χ1n) is 9.67. The van der Waals surface area contributed by atoms with E-state index in [1.165, 1.54) is 5.57 Å². The number of piperidine rings is 1. The van der Waals surface area contributed by atoms with Crippen LogP contribution in [-0.2, 0) is 9.53 Å². The van der Waals surface area contributed by atoms with Crippen molar-refractivity contribution in [1.29, 1.82) is 0 Å². The molecule has 0 saturated carbocycles. The number of hydrogen-bond acceptors (Lipinski definition) is 4. The van der Waals surface area contributed by atoms with Gasteiger partial charge in [0.25, 0.3) is 0 Å². The molecule has 2 heterocycles. The predicted octanol–water partition coefficient (Wildman–Crippen LogP) is 1.45. The largest absolute Gasteiger partial charge is 0.376 e. The van der Waals surface area contributed by atoms with Crippen LogP contribution in [0.5, 0.6) is 0 Å². The molecule has 2 aliphatic rings. The number of carbonyl (C=O) groups excluding carboxylic acids is 1.